The van der Waals surface area contributed by atoms with Crippen LogP contribution in [0.5, 0.6) is 0 Å². The minimum atomic E-state index is -1.02. The van der Waals surface area contributed by atoms with E-state index in [0.717, 1.165) is 5.56 Å². The zero-order chi connectivity index (χ0) is 14.1. The maximum absolute atomic E-state index is 12.0. The van der Waals surface area contributed by atoms with Crippen LogP contribution in [0, 0.1) is 0 Å². The van der Waals surface area contributed by atoms with Crippen molar-refractivity contribution in [1.29, 1.82) is 0 Å². The van der Waals surface area contributed by atoms with Gasteiger partial charge in [0.1, 0.15) is 12.4 Å². The fourth-order valence-electron chi connectivity index (χ4n) is 1.95. The Bertz CT molecular complexity index is 836. The molecule has 0 aliphatic carbocycles. The van der Waals surface area contributed by atoms with Crippen LogP contribution in [-0.4, -0.2) is 30.6 Å². The summed E-state index contributed by atoms with van der Waals surface area (Å²) in [6.07, 6.45) is 1.30. The number of nitrogens with zero attached hydrogens (tertiary/aromatic N) is 3. The molecule has 0 atom stereocenters. The van der Waals surface area contributed by atoms with Crippen LogP contribution in [0.2, 0.25) is 0 Å². The van der Waals surface area contributed by atoms with E-state index in [1.807, 2.05) is 30.3 Å². The summed E-state index contributed by atoms with van der Waals surface area (Å²) in [4.78, 5) is 33.6. The van der Waals surface area contributed by atoms with Crippen LogP contribution in [0.3, 0.4) is 0 Å². The van der Waals surface area contributed by atoms with E-state index in [-0.39, 0.29) is 17.7 Å². The number of carboxylic acid groups (broad SMARTS) is 1. The number of rotatable bonds is 3. The first-order valence-electron chi connectivity index (χ1n) is 5.87. The molecule has 2 aromatic heterocycles. The molecular formula is C13H10N4O3. The molecule has 0 fully saturated rings. The Hall–Kier alpha value is -2.96. The minimum Gasteiger partial charge on any atom is -0.480 e. The summed E-state index contributed by atoms with van der Waals surface area (Å²) in [5.41, 5.74) is 0.744. The number of hydrogen-bond acceptors (Lipinski definition) is 4. The van der Waals surface area contributed by atoms with E-state index >= 15 is 0 Å². The lowest BCUT2D eigenvalue weighted by Gasteiger charge is -2.02. The standard InChI is InChI=1S/C13H10N4O3/c18-9(19)6-17-7-14-10-12(17)15-11(16-13(10)20)8-4-2-1-3-5-8/h1-5,7H,6H2,(H,18,19)(H,15,16,20). The molecule has 0 aliphatic heterocycles. The number of aliphatic carboxylic acids is 1. The van der Waals surface area contributed by atoms with Gasteiger partial charge in [0.2, 0.25) is 0 Å². The highest BCUT2D eigenvalue weighted by Crippen LogP contribution is 2.15. The van der Waals surface area contributed by atoms with E-state index in [2.05, 4.69) is 15.0 Å². The molecule has 0 saturated heterocycles. The van der Waals surface area contributed by atoms with Crippen molar-refractivity contribution in [1.82, 2.24) is 19.5 Å². The van der Waals surface area contributed by atoms with Gasteiger partial charge in [-0.05, 0) is 0 Å². The second-order valence-electron chi connectivity index (χ2n) is 4.22. The fraction of sp³-hybridized carbons (Fsp3) is 0.0769. The van der Waals surface area contributed by atoms with E-state index in [1.54, 1.807) is 0 Å². The SMILES string of the molecule is O=C(O)Cn1cnc2c(=O)[nH]c(-c3ccccc3)nc21. The summed E-state index contributed by atoms with van der Waals surface area (Å²) < 4.78 is 1.33. The average Bonchev–Trinajstić information content (AvgIpc) is 2.83. The molecule has 0 radical (unpaired) electrons. The highest BCUT2D eigenvalue weighted by atomic mass is 16.4. The number of aromatic nitrogens is 4. The van der Waals surface area contributed by atoms with Crippen LogP contribution in [0.25, 0.3) is 22.6 Å². The summed E-state index contributed by atoms with van der Waals surface area (Å²) in [7, 11) is 0. The lowest BCUT2D eigenvalue weighted by molar-refractivity contribution is -0.137. The molecule has 3 rings (SSSR count). The number of hydrogen-bond donors (Lipinski definition) is 2. The van der Waals surface area contributed by atoms with Gasteiger partial charge in [0.25, 0.3) is 5.56 Å². The molecule has 0 aliphatic rings. The molecule has 2 heterocycles. The Kier molecular flexibility index (Phi) is 2.79. The summed E-state index contributed by atoms with van der Waals surface area (Å²) in [5.74, 6) is -0.636. The Balaban J connectivity index is 2.21. The number of benzene rings is 1. The minimum absolute atomic E-state index is 0.130. The monoisotopic (exact) mass is 270 g/mol. The van der Waals surface area contributed by atoms with E-state index in [9.17, 15) is 9.59 Å². The molecule has 0 unspecified atom stereocenters. The van der Waals surface area contributed by atoms with Crippen LogP contribution in [-0.2, 0) is 11.3 Å². The second-order valence-corrected chi connectivity index (χ2v) is 4.22. The van der Waals surface area contributed by atoms with Gasteiger partial charge >= 0.3 is 5.97 Å². The van der Waals surface area contributed by atoms with E-state index < -0.39 is 11.5 Å². The van der Waals surface area contributed by atoms with Crippen LogP contribution >= 0.6 is 0 Å². The number of carboxylic acids is 1. The molecule has 7 nitrogen and oxygen atoms in total. The molecule has 100 valence electrons. The lowest BCUT2D eigenvalue weighted by atomic mass is 10.2. The summed E-state index contributed by atoms with van der Waals surface area (Å²) in [5, 5.41) is 8.84. The molecule has 20 heavy (non-hydrogen) atoms. The third-order valence-electron chi connectivity index (χ3n) is 2.83. The lowest BCUT2D eigenvalue weighted by Crippen LogP contribution is -2.13. The largest absolute Gasteiger partial charge is 0.480 e. The van der Waals surface area contributed by atoms with Crippen molar-refractivity contribution >= 4 is 17.1 Å². The highest BCUT2D eigenvalue weighted by Gasteiger charge is 2.12. The third-order valence-corrected chi connectivity index (χ3v) is 2.83. The van der Waals surface area contributed by atoms with E-state index in [1.165, 1.54) is 10.9 Å². The van der Waals surface area contributed by atoms with Gasteiger partial charge in [0, 0.05) is 5.56 Å². The van der Waals surface area contributed by atoms with E-state index in [0.29, 0.717) is 5.82 Å². The van der Waals surface area contributed by atoms with Gasteiger partial charge in [0.15, 0.2) is 11.2 Å². The molecule has 3 aromatic rings. The maximum Gasteiger partial charge on any atom is 0.323 e. The van der Waals surface area contributed by atoms with Crippen molar-refractivity contribution in [2.45, 2.75) is 6.54 Å². The first-order valence-corrected chi connectivity index (χ1v) is 5.87. The van der Waals surface area contributed by atoms with Crippen LogP contribution < -0.4 is 5.56 Å². The summed E-state index contributed by atoms with van der Waals surface area (Å²) in [6.45, 7) is -0.290. The van der Waals surface area contributed by atoms with Crippen molar-refractivity contribution in [3.8, 4) is 11.4 Å². The number of carbonyl (C=O) groups is 1. The number of H-pyrrole nitrogens is 1. The summed E-state index contributed by atoms with van der Waals surface area (Å²) in [6, 6.07) is 9.13. The van der Waals surface area contributed by atoms with Gasteiger partial charge < -0.3 is 14.7 Å². The fourth-order valence-corrected chi connectivity index (χ4v) is 1.95. The first-order chi connectivity index (χ1) is 9.65. The average molecular weight is 270 g/mol. The van der Waals surface area contributed by atoms with Crippen LogP contribution in [0.1, 0.15) is 0 Å². The predicted molar refractivity (Wildman–Crippen MR) is 71.2 cm³/mol. The number of aromatic amines is 1. The zero-order valence-corrected chi connectivity index (χ0v) is 10.3. The van der Waals surface area contributed by atoms with Crippen molar-refractivity contribution in [2.75, 3.05) is 0 Å². The van der Waals surface area contributed by atoms with Gasteiger partial charge in [-0.25, -0.2) is 9.97 Å². The highest BCUT2D eigenvalue weighted by molar-refractivity contribution is 5.75. The van der Waals surface area contributed by atoms with Crippen molar-refractivity contribution in [3.05, 3.63) is 47.0 Å². The predicted octanol–water partition coefficient (Wildman–Crippen LogP) is 0.871. The second kappa shape index (κ2) is 4.61. The number of nitrogens with one attached hydrogen (secondary N) is 1. The van der Waals surface area contributed by atoms with Crippen molar-refractivity contribution in [2.24, 2.45) is 0 Å². The van der Waals surface area contributed by atoms with Gasteiger partial charge in [-0.15, -0.1) is 0 Å². The van der Waals surface area contributed by atoms with Crippen molar-refractivity contribution in [3.63, 3.8) is 0 Å². The molecule has 0 spiro atoms. The Morgan fingerprint density at radius 1 is 1.30 bits per heavy atom. The quantitative estimate of drug-likeness (QED) is 0.735. The topological polar surface area (TPSA) is 101 Å². The van der Waals surface area contributed by atoms with Gasteiger partial charge in [-0.1, -0.05) is 30.3 Å². The zero-order valence-electron chi connectivity index (χ0n) is 10.3. The Labute approximate surface area is 112 Å². The molecule has 0 amide bonds. The molecule has 7 heteroatoms. The van der Waals surface area contributed by atoms with Gasteiger partial charge in [-0.3, -0.25) is 9.59 Å². The molecule has 1 aromatic carbocycles. The Morgan fingerprint density at radius 2 is 2.05 bits per heavy atom. The third kappa shape index (κ3) is 2.05. The number of fused-ring (bicyclic) bond motifs is 1. The normalized spacial score (nSPS) is 10.8. The van der Waals surface area contributed by atoms with Gasteiger partial charge in [0.05, 0.1) is 6.33 Å². The van der Waals surface area contributed by atoms with Crippen LogP contribution in [0.4, 0.5) is 0 Å². The molecule has 0 bridgehead atoms. The number of imidazole rings is 1. The molecule has 2 N–H and O–H groups in total. The maximum atomic E-state index is 12.0. The van der Waals surface area contributed by atoms with Crippen molar-refractivity contribution < 1.29 is 9.90 Å². The van der Waals surface area contributed by atoms with Gasteiger partial charge in [-0.2, -0.15) is 0 Å². The van der Waals surface area contributed by atoms with Crippen LogP contribution in [0.15, 0.2) is 41.5 Å². The smallest absolute Gasteiger partial charge is 0.323 e. The summed E-state index contributed by atoms with van der Waals surface area (Å²) >= 11 is 0. The molecular weight excluding hydrogens is 260 g/mol. The Morgan fingerprint density at radius 3 is 2.75 bits per heavy atom. The first kappa shape index (κ1) is 12.1. The van der Waals surface area contributed by atoms with E-state index in [4.69, 9.17) is 5.11 Å². The molecule has 0 saturated carbocycles.